The summed E-state index contributed by atoms with van der Waals surface area (Å²) in [6, 6.07) is 22.6. The number of amides is 2. The lowest BCUT2D eigenvalue weighted by Crippen LogP contribution is -2.20. The first-order valence-corrected chi connectivity index (χ1v) is 12.3. The van der Waals surface area contributed by atoms with Crippen LogP contribution in [-0.2, 0) is 12.0 Å². The second-order valence-electron chi connectivity index (χ2n) is 9.79. The second kappa shape index (κ2) is 12.0. The Bertz CT molecular complexity index is 1450. The molecule has 4 aromatic rings. The highest BCUT2D eigenvalue weighted by atomic mass is 19.4. The number of benzene rings is 3. The highest BCUT2D eigenvalue weighted by Crippen LogP contribution is 2.35. The smallest absolute Gasteiger partial charge is 0.489 e. The Morgan fingerprint density at radius 2 is 1.60 bits per heavy atom. The molecule has 0 unspecified atom stereocenters. The van der Waals surface area contributed by atoms with Gasteiger partial charge in [-0.2, -0.15) is 0 Å². The molecule has 3 aromatic carbocycles. The molecule has 1 heterocycles. The summed E-state index contributed by atoms with van der Waals surface area (Å²) in [5.74, 6) is 1.04. The van der Waals surface area contributed by atoms with Crippen LogP contribution in [0, 0.1) is 0 Å². The number of carbonyl (C=O) groups is 1. The molecule has 0 saturated heterocycles. The molecular formula is C30H28F3N3O4. The van der Waals surface area contributed by atoms with E-state index in [1.165, 1.54) is 18.2 Å². The summed E-state index contributed by atoms with van der Waals surface area (Å²) in [6.45, 7) is 6.29. The van der Waals surface area contributed by atoms with Crippen molar-refractivity contribution in [1.82, 2.24) is 4.98 Å². The molecule has 4 rings (SSSR count). The SMILES string of the molecule is CC(C)(C)c1ccccc1Oc1ncccc1NC(=O)Nc1ccc(OCc2cccc(OC(F)(F)F)c2)cc1. The van der Waals surface area contributed by atoms with Gasteiger partial charge >= 0.3 is 12.4 Å². The fourth-order valence-electron chi connectivity index (χ4n) is 3.76. The number of para-hydroxylation sites is 1. The minimum Gasteiger partial charge on any atom is -0.489 e. The van der Waals surface area contributed by atoms with Gasteiger partial charge in [0.05, 0.1) is 0 Å². The Morgan fingerprint density at radius 1 is 0.850 bits per heavy atom. The van der Waals surface area contributed by atoms with E-state index >= 15 is 0 Å². The number of pyridine rings is 1. The van der Waals surface area contributed by atoms with Crippen LogP contribution in [0.2, 0.25) is 0 Å². The number of hydrogen-bond donors (Lipinski definition) is 2. The fraction of sp³-hybridized carbons (Fsp3) is 0.200. The van der Waals surface area contributed by atoms with Gasteiger partial charge < -0.3 is 24.8 Å². The van der Waals surface area contributed by atoms with E-state index in [0.29, 0.717) is 28.4 Å². The molecule has 0 saturated carbocycles. The number of halogens is 3. The number of ether oxygens (including phenoxy) is 3. The number of carbonyl (C=O) groups excluding carboxylic acids is 1. The number of rotatable bonds is 8. The van der Waals surface area contributed by atoms with Gasteiger partial charge in [-0.1, -0.05) is 51.1 Å². The van der Waals surface area contributed by atoms with Crippen molar-refractivity contribution in [3.8, 4) is 23.1 Å². The van der Waals surface area contributed by atoms with E-state index in [0.717, 1.165) is 5.56 Å². The van der Waals surface area contributed by atoms with Gasteiger partial charge in [-0.15, -0.1) is 13.2 Å². The first-order valence-electron chi connectivity index (χ1n) is 12.3. The third-order valence-corrected chi connectivity index (χ3v) is 5.57. The van der Waals surface area contributed by atoms with E-state index in [4.69, 9.17) is 9.47 Å². The van der Waals surface area contributed by atoms with E-state index in [2.05, 4.69) is 41.1 Å². The van der Waals surface area contributed by atoms with Gasteiger partial charge in [0.25, 0.3) is 0 Å². The van der Waals surface area contributed by atoms with Crippen molar-refractivity contribution < 1.29 is 32.2 Å². The Labute approximate surface area is 229 Å². The maximum atomic E-state index is 12.7. The molecule has 7 nitrogen and oxygen atoms in total. The quantitative estimate of drug-likeness (QED) is 0.230. The topological polar surface area (TPSA) is 81.7 Å². The van der Waals surface area contributed by atoms with Crippen LogP contribution in [0.4, 0.5) is 29.3 Å². The Morgan fingerprint density at radius 3 is 2.33 bits per heavy atom. The molecule has 1 aromatic heterocycles. The Hall–Kier alpha value is -4.73. The van der Waals surface area contributed by atoms with Gasteiger partial charge in [0.15, 0.2) is 0 Å². The predicted octanol–water partition coefficient (Wildman–Crippen LogP) is 8.29. The lowest BCUT2D eigenvalue weighted by molar-refractivity contribution is -0.274. The van der Waals surface area contributed by atoms with Crippen LogP contribution in [0.15, 0.2) is 91.1 Å². The van der Waals surface area contributed by atoms with Crippen LogP contribution in [0.25, 0.3) is 0 Å². The molecule has 0 aliphatic heterocycles. The van der Waals surface area contributed by atoms with Gasteiger partial charge in [-0.05, 0) is 65.6 Å². The van der Waals surface area contributed by atoms with Gasteiger partial charge in [0, 0.05) is 17.4 Å². The summed E-state index contributed by atoms with van der Waals surface area (Å²) in [4.78, 5) is 17.0. The molecule has 0 aliphatic carbocycles. The lowest BCUT2D eigenvalue weighted by atomic mass is 9.86. The first-order chi connectivity index (χ1) is 19.0. The normalized spacial score (nSPS) is 11.4. The van der Waals surface area contributed by atoms with E-state index in [9.17, 15) is 18.0 Å². The van der Waals surface area contributed by atoms with Gasteiger partial charge in [-0.25, -0.2) is 9.78 Å². The van der Waals surface area contributed by atoms with Crippen molar-refractivity contribution in [3.05, 3.63) is 102 Å². The van der Waals surface area contributed by atoms with Crippen LogP contribution >= 0.6 is 0 Å². The van der Waals surface area contributed by atoms with E-state index < -0.39 is 12.4 Å². The number of nitrogens with one attached hydrogen (secondary N) is 2. The predicted molar refractivity (Wildman–Crippen MR) is 146 cm³/mol. The first kappa shape index (κ1) is 28.3. The molecule has 0 bridgehead atoms. The standard InChI is InChI=1S/C30H28F3N3O4/c1-29(2,3)24-10-4-5-12-26(24)39-27-25(11-7-17-34-27)36-28(37)35-21-13-15-22(16-14-21)38-19-20-8-6-9-23(18-20)40-30(31,32)33/h4-18H,19H2,1-3H3,(H2,35,36,37). The Kier molecular flexibility index (Phi) is 8.47. The van der Waals surface area contributed by atoms with Gasteiger partial charge in [0.2, 0.25) is 5.88 Å². The van der Waals surface area contributed by atoms with E-state index in [1.807, 2.05) is 24.3 Å². The molecule has 0 fully saturated rings. The number of hydrogen-bond acceptors (Lipinski definition) is 5. The lowest BCUT2D eigenvalue weighted by Gasteiger charge is -2.22. The summed E-state index contributed by atoms with van der Waals surface area (Å²) in [6.07, 6.45) is -3.19. The van der Waals surface area contributed by atoms with E-state index in [-0.39, 0.29) is 23.7 Å². The summed E-state index contributed by atoms with van der Waals surface area (Å²) >= 11 is 0. The van der Waals surface area contributed by atoms with Crippen LogP contribution in [0.5, 0.6) is 23.1 Å². The van der Waals surface area contributed by atoms with E-state index in [1.54, 1.807) is 48.7 Å². The van der Waals surface area contributed by atoms with Crippen molar-refractivity contribution in [2.45, 2.75) is 39.2 Å². The highest BCUT2D eigenvalue weighted by molar-refractivity contribution is 6.00. The Balaban J connectivity index is 1.35. The molecule has 10 heteroatoms. The third-order valence-electron chi connectivity index (χ3n) is 5.57. The number of urea groups is 1. The molecule has 2 N–H and O–H groups in total. The summed E-state index contributed by atoms with van der Waals surface area (Å²) in [5, 5.41) is 5.49. The molecule has 0 aliphatic rings. The number of anilines is 2. The van der Waals surface area contributed by atoms with Crippen molar-refractivity contribution in [1.29, 1.82) is 0 Å². The molecule has 2 amide bonds. The zero-order valence-corrected chi connectivity index (χ0v) is 22.1. The third kappa shape index (κ3) is 8.13. The molecule has 0 atom stereocenters. The molecule has 208 valence electrons. The monoisotopic (exact) mass is 551 g/mol. The van der Waals surface area contributed by atoms with Crippen LogP contribution in [0.1, 0.15) is 31.9 Å². The molecule has 40 heavy (non-hydrogen) atoms. The maximum absolute atomic E-state index is 12.7. The van der Waals surface area contributed by atoms with Gasteiger partial charge in [-0.3, -0.25) is 0 Å². The summed E-state index contributed by atoms with van der Waals surface area (Å²) < 4.78 is 53.0. The minimum absolute atomic E-state index is 0.0322. The molecular weight excluding hydrogens is 523 g/mol. The zero-order valence-electron chi connectivity index (χ0n) is 22.1. The van der Waals surface area contributed by atoms with Gasteiger partial charge in [0.1, 0.15) is 29.5 Å². The van der Waals surface area contributed by atoms with Crippen LogP contribution in [-0.4, -0.2) is 17.4 Å². The number of aromatic nitrogens is 1. The van der Waals surface area contributed by atoms with Crippen molar-refractivity contribution in [2.75, 3.05) is 10.6 Å². The average Bonchev–Trinajstić information content (AvgIpc) is 2.88. The highest BCUT2D eigenvalue weighted by Gasteiger charge is 2.31. The second-order valence-corrected chi connectivity index (χ2v) is 9.79. The minimum atomic E-state index is -4.77. The van der Waals surface area contributed by atoms with Crippen LogP contribution < -0.4 is 24.8 Å². The van der Waals surface area contributed by atoms with Crippen molar-refractivity contribution in [2.24, 2.45) is 0 Å². The molecule has 0 radical (unpaired) electrons. The zero-order chi connectivity index (χ0) is 28.8. The largest absolute Gasteiger partial charge is 0.573 e. The van der Waals surface area contributed by atoms with Crippen molar-refractivity contribution >= 4 is 17.4 Å². The number of alkyl halides is 3. The van der Waals surface area contributed by atoms with Crippen molar-refractivity contribution in [3.63, 3.8) is 0 Å². The summed E-state index contributed by atoms with van der Waals surface area (Å²) in [7, 11) is 0. The number of nitrogens with zero attached hydrogens (tertiary/aromatic N) is 1. The summed E-state index contributed by atoms with van der Waals surface area (Å²) in [5.41, 5.74) is 2.23. The fourth-order valence-corrected chi connectivity index (χ4v) is 3.76. The maximum Gasteiger partial charge on any atom is 0.573 e. The molecule has 0 spiro atoms. The van der Waals surface area contributed by atoms with Crippen LogP contribution in [0.3, 0.4) is 0 Å². The average molecular weight is 552 g/mol.